The number of hydrogen-bond donors (Lipinski definition) is 4. The summed E-state index contributed by atoms with van der Waals surface area (Å²) in [4.78, 5) is 0. The highest BCUT2D eigenvalue weighted by Gasteiger charge is 2.09. The van der Waals surface area contributed by atoms with Crippen LogP contribution < -0.4 is 4.74 Å². The minimum atomic E-state index is -0.213. The lowest BCUT2D eigenvalue weighted by Crippen LogP contribution is -1.99. The number of phenolic OH excluding ortho intramolecular Hbond substituents is 2. The zero-order valence-electron chi connectivity index (χ0n) is 12.2. The van der Waals surface area contributed by atoms with E-state index < -0.39 is 0 Å². The first kappa shape index (κ1) is 15.9. The number of aromatic hydroxyl groups is 2. The normalized spacial score (nSPS) is 11.0. The summed E-state index contributed by atoms with van der Waals surface area (Å²) in [6.07, 6.45) is 3.54. The van der Waals surface area contributed by atoms with Crippen molar-refractivity contribution >= 4 is 12.2 Å². The number of aliphatic hydroxyl groups excluding tert-OH is 2. The van der Waals surface area contributed by atoms with Crippen LogP contribution in [0.5, 0.6) is 17.2 Å². The van der Waals surface area contributed by atoms with Crippen molar-refractivity contribution in [3.8, 4) is 17.2 Å². The van der Waals surface area contributed by atoms with Crippen molar-refractivity contribution in [1.29, 1.82) is 0 Å². The van der Waals surface area contributed by atoms with Gasteiger partial charge in [0.25, 0.3) is 0 Å². The van der Waals surface area contributed by atoms with E-state index >= 15 is 0 Å². The van der Waals surface area contributed by atoms with Crippen molar-refractivity contribution in [2.75, 3.05) is 7.11 Å². The summed E-state index contributed by atoms with van der Waals surface area (Å²) >= 11 is 0. The third-order valence-electron chi connectivity index (χ3n) is 3.34. The third-order valence-corrected chi connectivity index (χ3v) is 3.34. The van der Waals surface area contributed by atoms with Crippen LogP contribution in [0.4, 0.5) is 0 Å². The minimum Gasteiger partial charge on any atom is -0.504 e. The molecule has 5 heteroatoms. The van der Waals surface area contributed by atoms with Gasteiger partial charge in [-0.25, -0.2) is 0 Å². The maximum absolute atomic E-state index is 9.47. The van der Waals surface area contributed by atoms with E-state index in [4.69, 9.17) is 4.74 Å². The first-order valence-corrected chi connectivity index (χ1v) is 6.70. The highest BCUT2D eigenvalue weighted by Crippen LogP contribution is 2.28. The summed E-state index contributed by atoms with van der Waals surface area (Å²) in [6.45, 7) is -0.414. The second kappa shape index (κ2) is 6.98. The Hall–Kier alpha value is -2.50. The van der Waals surface area contributed by atoms with Gasteiger partial charge in [0.15, 0.2) is 11.5 Å². The second-order valence-corrected chi connectivity index (χ2v) is 4.76. The lowest BCUT2D eigenvalue weighted by Gasteiger charge is -2.12. The topological polar surface area (TPSA) is 90.2 Å². The predicted octanol–water partition coefficient (Wildman–Crippen LogP) is 2.26. The molecule has 0 aromatic heterocycles. The van der Waals surface area contributed by atoms with Gasteiger partial charge in [-0.05, 0) is 41.0 Å². The molecule has 0 radical (unpaired) electrons. The minimum absolute atomic E-state index is 0.173. The van der Waals surface area contributed by atoms with Crippen LogP contribution in [-0.2, 0) is 13.2 Å². The lowest BCUT2D eigenvalue weighted by molar-refractivity contribution is 0.254. The summed E-state index contributed by atoms with van der Waals surface area (Å²) in [5.41, 5.74) is 2.65. The van der Waals surface area contributed by atoms with E-state index in [1.54, 1.807) is 30.4 Å². The van der Waals surface area contributed by atoms with Gasteiger partial charge in [-0.15, -0.1) is 0 Å². The fourth-order valence-electron chi connectivity index (χ4n) is 2.16. The molecule has 2 aromatic rings. The zero-order valence-corrected chi connectivity index (χ0v) is 12.2. The van der Waals surface area contributed by atoms with E-state index in [0.717, 1.165) is 5.56 Å². The van der Waals surface area contributed by atoms with Crippen LogP contribution in [0.3, 0.4) is 0 Å². The molecule has 0 saturated carbocycles. The first-order chi connectivity index (χ1) is 10.6. The van der Waals surface area contributed by atoms with E-state index in [2.05, 4.69) is 0 Å². The Morgan fingerprint density at radius 1 is 0.909 bits per heavy atom. The van der Waals surface area contributed by atoms with E-state index in [-0.39, 0.29) is 24.7 Å². The monoisotopic (exact) mass is 302 g/mol. The van der Waals surface area contributed by atoms with Gasteiger partial charge in [0.1, 0.15) is 5.75 Å². The highest BCUT2D eigenvalue weighted by molar-refractivity contribution is 5.72. The maximum Gasteiger partial charge on any atom is 0.157 e. The van der Waals surface area contributed by atoms with Crippen LogP contribution in [0.1, 0.15) is 22.3 Å². The number of phenols is 2. The molecule has 4 N–H and O–H groups in total. The molecule has 0 amide bonds. The Labute approximate surface area is 128 Å². The summed E-state index contributed by atoms with van der Waals surface area (Å²) < 4.78 is 5.23. The number of benzene rings is 2. The molecule has 0 aliphatic rings. The van der Waals surface area contributed by atoms with E-state index in [9.17, 15) is 20.4 Å². The van der Waals surface area contributed by atoms with Crippen LogP contribution in [0, 0.1) is 0 Å². The quantitative estimate of drug-likeness (QED) is 0.502. The van der Waals surface area contributed by atoms with Crippen LogP contribution in [-0.4, -0.2) is 27.5 Å². The first-order valence-electron chi connectivity index (χ1n) is 6.70. The molecule has 2 rings (SSSR count). The Kier molecular flexibility index (Phi) is 5.04. The number of rotatable bonds is 5. The molecular formula is C17H18O5. The van der Waals surface area contributed by atoms with Crippen LogP contribution >= 0.6 is 0 Å². The summed E-state index contributed by atoms with van der Waals surface area (Å²) in [5.74, 6) is 0.141. The molecule has 0 heterocycles. The summed E-state index contributed by atoms with van der Waals surface area (Å²) in [5, 5.41) is 37.5. The van der Waals surface area contributed by atoms with Gasteiger partial charge in [-0.2, -0.15) is 0 Å². The van der Waals surface area contributed by atoms with E-state index in [1.807, 2.05) is 0 Å². The largest absolute Gasteiger partial charge is 0.504 e. The number of hydrogen-bond acceptors (Lipinski definition) is 5. The Morgan fingerprint density at radius 2 is 1.64 bits per heavy atom. The molecule has 2 aromatic carbocycles. The maximum atomic E-state index is 9.47. The number of aliphatic hydroxyl groups is 2. The van der Waals surface area contributed by atoms with Gasteiger partial charge < -0.3 is 25.2 Å². The molecule has 22 heavy (non-hydrogen) atoms. The Morgan fingerprint density at radius 3 is 2.23 bits per heavy atom. The summed E-state index contributed by atoms with van der Waals surface area (Å²) in [7, 11) is 1.50. The molecule has 116 valence electrons. The van der Waals surface area contributed by atoms with Gasteiger partial charge in [-0.3, -0.25) is 0 Å². The molecule has 0 aliphatic carbocycles. The van der Waals surface area contributed by atoms with Crippen molar-refractivity contribution in [2.45, 2.75) is 13.2 Å². The molecule has 0 bridgehead atoms. The SMILES string of the molecule is COc1cc(/C=C\c2ccc(O)c(O)c2)cc(CO)c1CO. The standard InChI is InChI=1S/C17H18O5/c1-22-17-8-12(6-13(9-18)14(17)10-19)3-2-11-4-5-15(20)16(21)7-11/h2-8,18-21H,9-10H2,1H3/b3-2-. The number of methoxy groups -OCH3 is 1. The fourth-order valence-corrected chi connectivity index (χ4v) is 2.16. The summed E-state index contributed by atoms with van der Waals surface area (Å²) in [6, 6.07) is 8.02. The predicted molar refractivity (Wildman–Crippen MR) is 83.5 cm³/mol. The van der Waals surface area contributed by atoms with Gasteiger partial charge in [-0.1, -0.05) is 18.2 Å². The van der Waals surface area contributed by atoms with Gasteiger partial charge >= 0.3 is 0 Å². The van der Waals surface area contributed by atoms with Crippen molar-refractivity contribution in [1.82, 2.24) is 0 Å². The van der Waals surface area contributed by atoms with E-state index in [1.165, 1.54) is 19.2 Å². The Balaban J connectivity index is 2.36. The van der Waals surface area contributed by atoms with Crippen molar-refractivity contribution in [2.24, 2.45) is 0 Å². The van der Waals surface area contributed by atoms with Crippen LogP contribution in [0.2, 0.25) is 0 Å². The van der Waals surface area contributed by atoms with Crippen molar-refractivity contribution in [3.05, 3.63) is 52.6 Å². The van der Waals surface area contributed by atoms with Crippen LogP contribution in [0.25, 0.3) is 12.2 Å². The van der Waals surface area contributed by atoms with Crippen molar-refractivity contribution in [3.63, 3.8) is 0 Å². The molecule has 5 nitrogen and oxygen atoms in total. The second-order valence-electron chi connectivity index (χ2n) is 4.76. The molecular weight excluding hydrogens is 284 g/mol. The molecule has 0 saturated heterocycles. The van der Waals surface area contributed by atoms with Crippen LogP contribution in [0.15, 0.2) is 30.3 Å². The average Bonchev–Trinajstić information content (AvgIpc) is 2.54. The molecule has 0 unspecified atom stereocenters. The average molecular weight is 302 g/mol. The van der Waals surface area contributed by atoms with E-state index in [0.29, 0.717) is 22.4 Å². The molecule has 0 aliphatic heterocycles. The van der Waals surface area contributed by atoms with Gasteiger partial charge in [0.05, 0.1) is 20.3 Å². The molecule has 0 atom stereocenters. The molecule has 0 spiro atoms. The fraction of sp³-hybridized carbons (Fsp3) is 0.176. The van der Waals surface area contributed by atoms with Gasteiger partial charge in [0, 0.05) is 5.56 Å². The highest BCUT2D eigenvalue weighted by atomic mass is 16.5. The van der Waals surface area contributed by atoms with Crippen molar-refractivity contribution < 1.29 is 25.2 Å². The Bertz CT molecular complexity index is 666. The third kappa shape index (κ3) is 3.39. The van der Waals surface area contributed by atoms with Gasteiger partial charge in [0.2, 0.25) is 0 Å². The zero-order chi connectivity index (χ0) is 16.1. The lowest BCUT2D eigenvalue weighted by atomic mass is 10.0. The number of ether oxygens (including phenoxy) is 1. The smallest absolute Gasteiger partial charge is 0.157 e. The molecule has 0 fully saturated rings.